The standard InChI is InChI=1S/C10H16N2O4S/c1-2-9(10(13)14)17(15,16)7-3-5-12-6-4-11-8-12/h4,6,8-9H,2-3,5,7H2,1H3,(H,13,14). The lowest BCUT2D eigenvalue weighted by molar-refractivity contribution is -0.136. The van der Waals surface area contributed by atoms with Crippen molar-refractivity contribution in [2.75, 3.05) is 5.75 Å². The van der Waals surface area contributed by atoms with Crippen LogP contribution in [-0.4, -0.2) is 40.0 Å². The van der Waals surface area contributed by atoms with Crippen LogP contribution < -0.4 is 0 Å². The number of hydrogen-bond acceptors (Lipinski definition) is 4. The summed E-state index contributed by atoms with van der Waals surface area (Å²) in [6, 6.07) is 0. The summed E-state index contributed by atoms with van der Waals surface area (Å²) < 4.78 is 25.2. The largest absolute Gasteiger partial charge is 0.480 e. The first-order chi connectivity index (χ1) is 7.97. The molecular formula is C10H16N2O4S. The van der Waals surface area contributed by atoms with Crippen molar-refractivity contribution in [1.82, 2.24) is 9.55 Å². The number of sulfone groups is 1. The number of carbonyl (C=O) groups is 1. The third-order valence-corrected chi connectivity index (χ3v) is 4.74. The van der Waals surface area contributed by atoms with E-state index in [-0.39, 0.29) is 12.2 Å². The minimum atomic E-state index is -3.56. The van der Waals surface area contributed by atoms with Crippen LogP contribution in [0.15, 0.2) is 18.7 Å². The number of rotatable bonds is 7. The molecule has 0 bridgehead atoms. The van der Waals surface area contributed by atoms with Crippen LogP contribution in [0.25, 0.3) is 0 Å². The first-order valence-corrected chi connectivity index (χ1v) is 7.09. The van der Waals surface area contributed by atoms with Crippen molar-refractivity contribution in [1.29, 1.82) is 0 Å². The summed E-state index contributed by atoms with van der Waals surface area (Å²) in [7, 11) is -3.56. The molecule has 96 valence electrons. The Kier molecular flexibility index (Phi) is 4.68. The highest BCUT2D eigenvalue weighted by Gasteiger charge is 2.29. The number of aryl methyl sites for hydroxylation is 1. The van der Waals surface area contributed by atoms with Crippen LogP contribution >= 0.6 is 0 Å². The molecule has 0 amide bonds. The monoisotopic (exact) mass is 260 g/mol. The summed E-state index contributed by atoms with van der Waals surface area (Å²) in [5, 5.41) is 7.51. The van der Waals surface area contributed by atoms with Gasteiger partial charge < -0.3 is 9.67 Å². The quantitative estimate of drug-likeness (QED) is 0.773. The molecule has 17 heavy (non-hydrogen) atoms. The summed E-state index contributed by atoms with van der Waals surface area (Å²) >= 11 is 0. The SMILES string of the molecule is CCC(C(=O)O)S(=O)(=O)CCCn1ccnc1. The Hall–Kier alpha value is -1.37. The van der Waals surface area contributed by atoms with Crippen LogP contribution in [-0.2, 0) is 21.2 Å². The average Bonchev–Trinajstić information content (AvgIpc) is 2.69. The lowest BCUT2D eigenvalue weighted by Gasteiger charge is -2.11. The predicted octanol–water partition coefficient (Wildman–Crippen LogP) is 0.551. The summed E-state index contributed by atoms with van der Waals surface area (Å²) in [5.41, 5.74) is 0. The van der Waals surface area contributed by atoms with Gasteiger partial charge in [0.25, 0.3) is 0 Å². The summed E-state index contributed by atoms with van der Waals surface area (Å²) in [4.78, 5) is 14.6. The maximum absolute atomic E-state index is 11.7. The molecule has 0 aliphatic heterocycles. The number of imidazole rings is 1. The molecule has 6 nitrogen and oxygen atoms in total. The second kappa shape index (κ2) is 5.81. The Morgan fingerprint density at radius 2 is 2.24 bits per heavy atom. The Balaban J connectivity index is 2.52. The van der Waals surface area contributed by atoms with E-state index in [0.717, 1.165) is 0 Å². The minimum Gasteiger partial charge on any atom is -0.480 e. The number of carboxylic acids is 1. The number of aliphatic carboxylic acids is 1. The fourth-order valence-electron chi connectivity index (χ4n) is 1.59. The average molecular weight is 260 g/mol. The smallest absolute Gasteiger partial charge is 0.321 e. The Morgan fingerprint density at radius 1 is 1.53 bits per heavy atom. The van der Waals surface area contributed by atoms with Gasteiger partial charge in [-0.25, -0.2) is 13.4 Å². The fraction of sp³-hybridized carbons (Fsp3) is 0.600. The Bertz CT molecular complexity index is 453. The fourth-order valence-corrected chi connectivity index (χ4v) is 3.22. The van der Waals surface area contributed by atoms with E-state index in [4.69, 9.17) is 5.11 Å². The van der Waals surface area contributed by atoms with Gasteiger partial charge in [-0.1, -0.05) is 6.92 Å². The number of carboxylic acid groups (broad SMARTS) is 1. The van der Waals surface area contributed by atoms with Gasteiger partial charge in [-0.05, 0) is 12.8 Å². The van der Waals surface area contributed by atoms with Crippen LogP contribution in [0.3, 0.4) is 0 Å². The number of nitrogens with zero attached hydrogens (tertiary/aromatic N) is 2. The van der Waals surface area contributed by atoms with Gasteiger partial charge in [-0.3, -0.25) is 4.79 Å². The molecule has 0 aromatic carbocycles. The summed E-state index contributed by atoms with van der Waals surface area (Å²) in [6.07, 6.45) is 5.44. The van der Waals surface area contributed by atoms with E-state index < -0.39 is 21.1 Å². The molecular weight excluding hydrogens is 244 g/mol. The van der Waals surface area contributed by atoms with Crippen molar-refractivity contribution < 1.29 is 18.3 Å². The molecule has 1 heterocycles. The Labute approximate surface area is 100 Å². The van der Waals surface area contributed by atoms with Crippen molar-refractivity contribution in [3.63, 3.8) is 0 Å². The van der Waals surface area contributed by atoms with Gasteiger partial charge in [0.15, 0.2) is 15.1 Å². The van der Waals surface area contributed by atoms with Gasteiger partial charge in [-0.15, -0.1) is 0 Å². The van der Waals surface area contributed by atoms with Crippen molar-refractivity contribution in [2.45, 2.75) is 31.6 Å². The van der Waals surface area contributed by atoms with Crippen molar-refractivity contribution >= 4 is 15.8 Å². The van der Waals surface area contributed by atoms with Crippen molar-refractivity contribution in [3.05, 3.63) is 18.7 Å². The molecule has 1 aromatic rings. The van der Waals surface area contributed by atoms with Crippen molar-refractivity contribution in [3.8, 4) is 0 Å². The lowest BCUT2D eigenvalue weighted by atomic mass is 10.3. The molecule has 0 saturated carbocycles. The van der Waals surface area contributed by atoms with Crippen LogP contribution in [0.4, 0.5) is 0 Å². The zero-order chi connectivity index (χ0) is 12.9. The zero-order valence-electron chi connectivity index (χ0n) is 9.61. The van der Waals surface area contributed by atoms with Gasteiger partial charge in [0.05, 0.1) is 12.1 Å². The third-order valence-electron chi connectivity index (χ3n) is 2.48. The molecule has 7 heteroatoms. The van der Waals surface area contributed by atoms with Crippen LogP contribution in [0.1, 0.15) is 19.8 Å². The lowest BCUT2D eigenvalue weighted by Crippen LogP contribution is -2.31. The molecule has 1 atom stereocenters. The second-order valence-electron chi connectivity index (χ2n) is 3.76. The van der Waals surface area contributed by atoms with Gasteiger partial charge >= 0.3 is 5.97 Å². The Morgan fingerprint density at radius 3 is 2.71 bits per heavy atom. The molecule has 1 N–H and O–H groups in total. The molecule has 1 aromatic heterocycles. The highest BCUT2D eigenvalue weighted by Crippen LogP contribution is 2.09. The van der Waals surface area contributed by atoms with Crippen molar-refractivity contribution in [2.24, 2.45) is 0 Å². The highest BCUT2D eigenvalue weighted by atomic mass is 32.2. The summed E-state index contributed by atoms with van der Waals surface area (Å²) in [5.74, 6) is -1.38. The number of aromatic nitrogens is 2. The van der Waals surface area contributed by atoms with Crippen LogP contribution in [0.2, 0.25) is 0 Å². The van der Waals surface area contributed by atoms with Gasteiger partial charge in [0.1, 0.15) is 0 Å². The molecule has 0 fully saturated rings. The van der Waals surface area contributed by atoms with Gasteiger partial charge in [0.2, 0.25) is 0 Å². The molecule has 0 spiro atoms. The molecule has 0 saturated heterocycles. The molecule has 0 aliphatic rings. The van der Waals surface area contributed by atoms with E-state index in [9.17, 15) is 13.2 Å². The first-order valence-electron chi connectivity index (χ1n) is 5.37. The molecule has 1 unspecified atom stereocenters. The molecule has 0 aliphatic carbocycles. The van der Waals surface area contributed by atoms with E-state index in [2.05, 4.69) is 4.98 Å². The van der Waals surface area contributed by atoms with E-state index in [0.29, 0.717) is 13.0 Å². The van der Waals surface area contributed by atoms with E-state index in [1.54, 1.807) is 30.2 Å². The number of hydrogen-bond donors (Lipinski definition) is 1. The highest BCUT2D eigenvalue weighted by molar-refractivity contribution is 7.92. The van der Waals surface area contributed by atoms with E-state index in [1.165, 1.54) is 0 Å². The summed E-state index contributed by atoms with van der Waals surface area (Å²) in [6.45, 7) is 2.08. The third kappa shape index (κ3) is 3.85. The van der Waals surface area contributed by atoms with Crippen LogP contribution in [0, 0.1) is 0 Å². The zero-order valence-corrected chi connectivity index (χ0v) is 10.4. The molecule has 1 rings (SSSR count). The minimum absolute atomic E-state index is 0.0999. The van der Waals surface area contributed by atoms with Crippen LogP contribution in [0.5, 0.6) is 0 Å². The van der Waals surface area contributed by atoms with E-state index in [1.807, 2.05) is 0 Å². The topological polar surface area (TPSA) is 89.3 Å². The normalized spacial score (nSPS) is 13.5. The van der Waals surface area contributed by atoms with E-state index >= 15 is 0 Å². The van der Waals surface area contributed by atoms with Gasteiger partial charge in [0, 0.05) is 18.9 Å². The van der Waals surface area contributed by atoms with Gasteiger partial charge in [-0.2, -0.15) is 0 Å². The first kappa shape index (κ1) is 13.7. The predicted molar refractivity (Wildman–Crippen MR) is 62.3 cm³/mol. The second-order valence-corrected chi connectivity index (χ2v) is 6.06. The maximum atomic E-state index is 11.7. The molecule has 0 radical (unpaired) electrons. The maximum Gasteiger partial charge on any atom is 0.321 e.